The van der Waals surface area contributed by atoms with E-state index in [9.17, 15) is 4.79 Å². The average molecular weight is 304 g/mol. The van der Waals surface area contributed by atoms with Gasteiger partial charge >= 0.3 is 0 Å². The molecule has 3 N–H and O–H groups in total. The molecular weight excluding hydrogens is 288 g/mol. The summed E-state index contributed by atoms with van der Waals surface area (Å²) in [4.78, 5) is 20.1. The lowest BCUT2D eigenvalue weighted by Gasteiger charge is -2.01. The fourth-order valence-electron chi connectivity index (χ4n) is 1.97. The lowest BCUT2D eigenvalue weighted by Crippen LogP contribution is -2.16. The monoisotopic (exact) mass is 304 g/mol. The predicted octanol–water partition coefficient (Wildman–Crippen LogP) is 2.67. The van der Waals surface area contributed by atoms with Gasteiger partial charge in [-0.3, -0.25) is 9.63 Å². The number of nitrogens with one attached hydrogen (secondary N) is 1. The first-order chi connectivity index (χ1) is 10.2. The first-order valence-corrected chi connectivity index (χ1v) is 7.05. The molecule has 5 nitrogen and oxygen atoms in total. The van der Waals surface area contributed by atoms with Crippen LogP contribution in [0.1, 0.15) is 5.56 Å². The Labute approximate surface area is 125 Å². The Morgan fingerprint density at radius 3 is 2.48 bits per heavy atom. The molecule has 0 aliphatic heterocycles. The third kappa shape index (κ3) is 3.63. The normalized spacial score (nSPS) is 10.4. The second kappa shape index (κ2) is 7.26. The fraction of sp³-hybridized carbons (Fsp3) is 0.133. The molecule has 0 saturated heterocycles. The Morgan fingerprint density at radius 2 is 1.81 bits per heavy atom. The van der Waals surface area contributed by atoms with Crippen molar-refractivity contribution < 1.29 is 9.78 Å². The summed E-state index contributed by atoms with van der Waals surface area (Å²) in [5.41, 5.74) is 3.17. The van der Waals surface area contributed by atoms with Crippen LogP contribution in [0, 0.1) is 6.92 Å². The summed E-state index contributed by atoms with van der Waals surface area (Å²) in [7, 11) is 1.40. The smallest absolute Gasteiger partial charge is 0.195 e. The van der Waals surface area contributed by atoms with Crippen LogP contribution in [0.4, 0.5) is 0 Å². The largest absolute Gasteiger partial charge is 0.289 e. The molecule has 0 fully saturated rings. The maximum atomic E-state index is 12.2. The Kier molecular flexibility index (Phi) is 5.38. The number of benzene rings is 2. The minimum absolute atomic E-state index is 0.146. The molecule has 6 heteroatoms. The van der Waals surface area contributed by atoms with Crippen LogP contribution >= 0.6 is 11.3 Å². The SMILES string of the molecule is CONON.Cc1ccc2sc3ccccc3c(=O)c2c1. The van der Waals surface area contributed by atoms with Crippen LogP contribution in [-0.2, 0) is 9.78 Å². The van der Waals surface area contributed by atoms with Crippen LogP contribution in [-0.4, -0.2) is 7.11 Å². The zero-order valence-corrected chi connectivity index (χ0v) is 12.6. The van der Waals surface area contributed by atoms with E-state index in [4.69, 9.17) is 0 Å². The molecule has 21 heavy (non-hydrogen) atoms. The van der Waals surface area contributed by atoms with Gasteiger partial charge in [-0.05, 0) is 31.2 Å². The number of fused-ring (bicyclic) bond motifs is 2. The number of rotatable bonds is 2. The third-order valence-corrected chi connectivity index (χ3v) is 4.01. The van der Waals surface area contributed by atoms with Crippen molar-refractivity contribution in [2.24, 2.45) is 5.90 Å². The maximum absolute atomic E-state index is 12.2. The highest BCUT2D eigenvalue weighted by Gasteiger charge is 2.04. The van der Waals surface area contributed by atoms with Crippen LogP contribution in [0.15, 0.2) is 47.3 Å². The summed E-state index contributed by atoms with van der Waals surface area (Å²) < 4.78 is 2.12. The van der Waals surface area contributed by atoms with Crippen LogP contribution in [0.2, 0.25) is 0 Å². The van der Waals surface area contributed by atoms with Gasteiger partial charge in [-0.1, -0.05) is 29.4 Å². The Bertz CT molecular complexity index is 800. The van der Waals surface area contributed by atoms with E-state index >= 15 is 0 Å². The van der Waals surface area contributed by atoms with E-state index in [1.807, 2.05) is 55.0 Å². The molecule has 0 aliphatic rings. The van der Waals surface area contributed by atoms with Crippen molar-refractivity contribution in [3.63, 3.8) is 0 Å². The highest BCUT2D eigenvalue weighted by molar-refractivity contribution is 7.24. The molecule has 0 aliphatic carbocycles. The van der Waals surface area contributed by atoms with Gasteiger partial charge < -0.3 is 0 Å². The first-order valence-electron chi connectivity index (χ1n) is 6.23. The molecule has 3 aromatic rings. The molecular formula is C15H16N2O3S. The first kappa shape index (κ1) is 15.6. The topological polar surface area (TPSA) is 73.6 Å². The second-order valence-electron chi connectivity index (χ2n) is 4.33. The molecule has 0 unspecified atom stereocenters. The molecule has 3 rings (SSSR count). The summed E-state index contributed by atoms with van der Waals surface area (Å²) in [6.07, 6.45) is 0. The highest BCUT2D eigenvalue weighted by Crippen LogP contribution is 2.24. The van der Waals surface area contributed by atoms with Gasteiger partial charge in [-0.15, -0.1) is 11.3 Å². The molecule has 2 aromatic carbocycles. The molecule has 110 valence electrons. The van der Waals surface area contributed by atoms with Gasteiger partial charge in [-0.25, -0.2) is 0 Å². The summed E-state index contributed by atoms with van der Waals surface area (Å²) in [5, 5.41) is 1.66. The lowest BCUT2D eigenvalue weighted by atomic mass is 10.1. The van der Waals surface area contributed by atoms with Crippen molar-refractivity contribution in [3.8, 4) is 0 Å². The van der Waals surface area contributed by atoms with Gasteiger partial charge in [0.15, 0.2) is 5.43 Å². The molecule has 0 bridgehead atoms. The quantitative estimate of drug-likeness (QED) is 0.562. The van der Waals surface area contributed by atoms with E-state index in [0.29, 0.717) is 0 Å². The fourth-order valence-corrected chi connectivity index (χ4v) is 3.02. The van der Waals surface area contributed by atoms with Gasteiger partial charge in [-0.2, -0.15) is 10.8 Å². The number of aryl methyl sites for hydroxylation is 1. The van der Waals surface area contributed by atoms with E-state index in [1.54, 1.807) is 11.3 Å². The summed E-state index contributed by atoms with van der Waals surface area (Å²) >= 11 is 1.67. The predicted molar refractivity (Wildman–Crippen MR) is 85.8 cm³/mol. The standard InChI is InChI=1S/C14H10OS.CH6N2O2/c1-9-6-7-13-11(8-9)14(15)10-4-2-3-5-12(10)16-13;1-4-3-5-2/h2-8H,1H3;3H,2H2,1H3. The molecule has 0 saturated carbocycles. The number of nitrogens with two attached hydrogens (primary N) is 1. The molecule has 0 radical (unpaired) electrons. The van der Waals surface area contributed by atoms with Gasteiger partial charge in [0.25, 0.3) is 0 Å². The average Bonchev–Trinajstić information content (AvgIpc) is 2.50. The lowest BCUT2D eigenvalue weighted by molar-refractivity contribution is -0.154. The zero-order chi connectivity index (χ0) is 15.2. The Balaban J connectivity index is 0.000000282. The number of hydrogen-bond acceptors (Lipinski definition) is 6. The summed E-state index contributed by atoms with van der Waals surface area (Å²) in [5.74, 6) is 4.40. The van der Waals surface area contributed by atoms with Crippen molar-refractivity contribution in [2.45, 2.75) is 6.92 Å². The van der Waals surface area contributed by atoms with Gasteiger partial charge in [0.05, 0.1) is 7.11 Å². The van der Waals surface area contributed by atoms with Crippen LogP contribution in [0.3, 0.4) is 0 Å². The van der Waals surface area contributed by atoms with Crippen molar-refractivity contribution in [1.29, 1.82) is 0 Å². The van der Waals surface area contributed by atoms with E-state index < -0.39 is 0 Å². The minimum atomic E-state index is 0.146. The summed E-state index contributed by atoms with van der Waals surface area (Å²) in [6, 6.07) is 13.8. The van der Waals surface area contributed by atoms with Gasteiger partial charge in [0.1, 0.15) is 0 Å². The molecule has 0 amide bonds. The van der Waals surface area contributed by atoms with Crippen molar-refractivity contribution >= 4 is 31.5 Å². The molecule has 0 spiro atoms. The van der Waals surface area contributed by atoms with Crippen LogP contribution < -0.4 is 17.0 Å². The third-order valence-electron chi connectivity index (χ3n) is 2.86. The Hall–Kier alpha value is -1.83. The van der Waals surface area contributed by atoms with Crippen molar-refractivity contribution in [1.82, 2.24) is 5.64 Å². The summed E-state index contributed by atoms with van der Waals surface area (Å²) in [6.45, 7) is 2.01. The zero-order valence-electron chi connectivity index (χ0n) is 11.8. The molecule has 1 heterocycles. The van der Waals surface area contributed by atoms with Crippen molar-refractivity contribution in [2.75, 3.05) is 7.11 Å². The van der Waals surface area contributed by atoms with Gasteiger partial charge in [0.2, 0.25) is 0 Å². The van der Waals surface area contributed by atoms with E-state index in [1.165, 1.54) is 7.11 Å². The second-order valence-corrected chi connectivity index (χ2v) is 5.42. The Morgan fingerprint density at radius 1 is 1.10 bits per heavy atom. The highest BCUT2D eigenvalue weighted by atomic mass is 32.1. The van der Waals surface area contributed by atoms with Crippen molar-refractivity contribution in [3.05, 3.63) is 58.3 Å². The number of hydrogen-bond donors (Lipinski definition) is 2. The molecule has 0 atom stereocenters. The molecule has 1 aromatic heterocycles. The van der Waals surface area contributed by atoms with E-state index in [0.717, 1.165) is 25.7 Å². The maximum Gasteiger partial charge on any atom is 0.195 e. The van der Waals surface area contributed by atoms with Crippen LogP contribution in [0.5, 0.6) is 0 Å². The van der Waals surface area contributed by atoms with Gasteiger partial charge in [0, 0.05) is 20.2 Å². The van der Waals surface area contributed by atoms with E-state index in [-0.39, 0.29) is 5.43 Å². The van der Waals surface area contributed by atoms with Crippen LogP contribution in [0.25, 0.3) is 20.2 Å². The minimum Gasteiger partial charge on any atom is -0.289 e. The van der Waals surface area contributed by atoms with E-state index in [2.05, 4.69) is 15.7 Å².